The predicted molar refractivity (Wildman–Crippen MR) is 191 cm³/mol. The lowest BCUT2D eigenvalue weighted by Gasteiger charge is -2.61. The second-order valence-electron chi connectivity index (χ2n) is 15.1. The van der Waals surface area contributed by atoms with Gasteiger partial charge in [0.05, 0.1) is 12.0 Å². The van der Waals surface area contributed by atoms with Crippen LogP contribution in [0, 0.1) is 34.5 Å². The number of hydrogen-bond acceptors (Lipinski definition) is 7. The topological polar surface area (TPSA) is 110 Å². The standard InChI is InChI=1S/C40H74O7/c1-10-15-20-21-22-27-39(29(6)23-16-11-2,30(7)24-17-12-3)40(31(8)25-18-13-4,32(9)26-19-14-5)38(45)47-36-34(43)37(44)46-35(36)33(42)28-41/h29-33,35-36,41-42H,10-28H2,1-9H3/t29?,30?,31?,32?,33-,35+,36?,39?,40?/m0/s1. The van der Waals surface area contributed by atoms with Gasteiger partial charge in [-0.2, -0.15) is 0 Å². The third-order valence-electron chi connectivity index (χ3n) is 11.9. The average molecular weight is 667 g/mol. The molecule has 1 fully saturated rings. The van der Waals surface area contributed by atoms with Crippen LogP contribution in [0.1, 0.15) is 178 Å². The molecule has 0 amide bonds. The highest BCUT2D eigenvalue weighted by Gasteiger charge is 2.66. The molecule has 7 heteroatoms. The van der Waals surface area contributed by atoms with Gasteiger partial charge < -0.3 is 19.7 Å². The van der Waals surface area contributed by atoms with Gasteiger partial charge in [-0.15, -0.1) is 0 Å². The molecule has 5 unspecified atom stereocenters. The van der Waals surface area contributed by atoms with Crippen LogP contribution in [0.2, 0.25) is 0 Å². The number of aliphatic hydroxyl groups excluding tert-OH is 2. The van der Waals surface area contributed by atoms with Gasteiger partial charge in [-0.05, 0) is 48.3 Å². The average Bonchev–Trinajstić information content (AvgIpc) is 3.34. The number of cyclic esters (lactones) is 1. The van der Waals surface area contributed by atoms with Crippen molar-refractivity contribution >= 4 is 17.7 Å². The molecule has 1 aliphatic heterocycles. The predicted octanol–water partition coefficient (Wildman–Crippen LogP) is 9.38. The maximum Gasteiger partial charge on any atom is 0.379 e. The van der Waals surface area contributed by atoms with Gasteiger partial charge in [0.15, 0.2) is 6.10 Å². The van der Waals surface area contributed by atoms with E-state index in [0.717, 1.165) is 96.3 Å². The second-order valence-corrected chi connectivity index (χ2v) is 15.1. The van der Waals surface area contributed by atoms with Crippen molar-refractivity contribution in [1.82, 2.24) is 0 Å². The normalized spacial score (nSPS) is 22.5. The number of esters is 2. The molecule has 1 heterocycles. The first-order chi connectivity index (χ1) is 22.4. The summed E-state index contributed by atoms with van der Waals surface area (Å²) < 4.78 is 11.6. The summed E-state index contributed by atoms with van der Waals surface area (Å²) in [7, 11) is 0. The number of unbranched alkanes of at least 4 members (excludes halogenated alkanes) is 8. The highest BCUT2D eigenvalue weighted by Crippen LogP contribution is 2.65. The molecular weight excluding hydrogens is 592 g/mol. The molecule has 0 saturated carbocycles. The number of ketones is 1. The van der Waals surface area contributed by atoms with Crippen LogP contribution in [0.15, 0.2) is 0 Å². The summed E-state index contributed by atoms with van der Waals surface area (Å²) in [5.74, 6) is -2.15. The molecule has 0 spiro atoms. The highest BCUT2D eigenvalue weighted by molar-refractivity contribution is 6.37. The van der Waals surface area contributed by atoms with E-state index in [-0.39, 0.29) is 23.7 Å². The van der Waals surface area contributed by atoms with Crippen molar-refractivity contribution in [1.29, 1.82) is 0 Å². The van der Waals surface area contributed by atoms with E-state index in [1.807, 2.05) is 0 Å². The Morgan fingerprint density at radius 1 is 0.702 bits per heavy atom. The van der Waals surface area contributed by atoms with Gasteiger partial charge in [0, 0.05) is 0 Å². The lowest BCUT2D eigenvalue weighted by Crippen LogP contribution is -2.62. The molecule has 0 aliphatic carbocycles. The summed E-state index contributed by atoms with van der Waals surface area (Å²) >= 11 is 0. The Bertz CT molecular complexity index is 873. The van der Waals surface area contributed by atoms with Gasteiger partial charge >= 0.3 is 11.9 Å². The van der Waals surface area contributed by atoms with Crippen molar-refractivity contribution in [3.63, 3.8) is 0 Å². The molecule has 0 aromatic heterocycles. The summed E-state index contributed by atoms with van der Waals surface area (Å²) in [6.45, 7) is 19.6. The van der Waals surface area contributed by atoms with Crippen LogP contribution in [0.25, 0.3) is 0 Å². The number of ether oxygens (including phenoxy) is 2. The van der Waals surface area contributed by atoms with Crippen molar-refractivity contribution in [3.05, 3.63) is 0 Å². The smallest absolute Gasteiger partial charge is 0.379 e. The number of rotatable bonds is 27. The van der Waals surface area contributed by atoms with Crippen LogP contribution in [0.4, 0.5) is 0 Å². The van der Waals surface area contributed by atoms with E-state index in [0.29, 0.717) is 0 Å². The molecule has 2 N–H and O–H groups in total. The maximum absolute atomic E-state index is 15.6. The van der Waals surface area contributed by atoms with E-state index < -0.39 is 53.5 Å². The van der Waals surface area contributed by atoms with Crippen LogP contribution >= 0.6 is 0 Å². The zero-order valence-electron chi connectivity index (χ0n) is 31.9. The lowest BCUT2D eigenvalue weighted by atomic mass is 9.42. The minimum atomic E-state index is -1.58. The minimum absolute atomic E-state index is 0.0417. The molecule has 0 aromatic rings. The number of Topliss-reactive ketones (excluding diaryl/α,β-unsaturated/α-hetero) is 1. The largest absolute Gasteiger partial charge is 0.449 e. The SMILES string of the molecule is CCCCCCCC(C(C)CCCC)(C(C)CCCC)C(C(=O)OC1C(=O)C(=O)O[C@@H]1[C@@H](O)CO)(C(C)CCCC)C(C)CCCC. The maximum atomic E-state index is 15.6. The van der Waals surface area contributed by atoms with Crippen LogP contribution in [0.5, 0.6) is 0 Å². The Morgan fingerprint density at radius 2 is 1.13 bits per heavy atom. The summed E-state index contributed by atoms with van der Waals surface area (Å²) in [5.41, 5.74) is -1.36. The molecule has 0 radical (unpaired) electrons. The van der Waals surface area contributed by atoms with Crippen LogP contribution in [0.3, 0.4) is 0 Å². The lowest BCUT2D eigenvalue weighted by molar-refractivity contribution is -0.209. The second kappa shape index (κ2) is 22.3. The van der Waals surface area contributed by atoms with Gasteiger partial charge in [0.25, 0.3) is 5.78 Å². The highest BCUT2D eigenvalue weighted by atomic mass is 16.6. The van der Waals surface area contributed by atoms with Gasteiger partial charge in [0.2, 0.25) is 6.10 Å². The first kappa shape index (κ1) is 43.6. The molecular formula is C40H74O7. The Balaban J connectivity index is 4.19. The van der Waals surface area contributed by atoms with Crippen molar-refractivity contribution < 1.29 is 34.1 Å². The van der Waals surface area contributed by atoms with Gasteiger partial charge in [-0.3, -0.25) is 9.59 Å². The Labute approximate surface area is 288 Å². The summed E-state index contributed by atoms with van der Waals surface area (Å²) in [5, 5.41) is 20.3. The Morgan fingerprint density at radius 3 is 1.55 bits per heavy atom. The zero-order chi connectivity index (χ0) is 35.6. The van der Waals surface area contributed by atoms with Crippen LogP contribution in [-0.2, 0) is 23.9 Å². The first-order valence-electron chi connectivity index (χ1n) is 19.7. The molecule has 7 nitrogen and oxygen atoms in total. The molecule has 1 aliphatic rings. The summed E-state index contributed by atoms with van der Waals surface area (Å²) in [6.07, 6.45) is 14.1. The Hall–Kier alpha value is -1.47. The third kappa shape index (κ3) is 10.5. The van der Waals surface area contributed by atoms with Crippen LogP contribution in [-0.4, -0.2) is 52.9 Å². The third-order valence-corrected chi connectivity index (χ3v) is 11.9. The molecule has 0 bridgehead atoms. The summed E-state index contributed by atoms with van der Waals surface area (Å²) in [4.78, 5) is 41.3. The summed E-state index contributed by atoms with van der Waals surface area (Å²) in [6, 6.07) is 0. The number of hydrogen-bond donors (Lipinski definition) is 2. The fraction of sp³-hybridized carbons (Fsp3) is 0.925. The van der Waals surface area contributed by atoms with Crippen molar-refractivity contribution in [3.8, 4) is 0 Å². The van der Waals surface area contributed by atoms with Gasteiger partial charge in [-0.1, -0.05) is 159 Å². The molecule has 1 rings (SSSR count). The van der Waals surface area contributed by atoms with Crippen LogP contribution < -0.4 is 0 Å². The number of carbonyl (C=O) groups excluding carboxylic acids is 3. The molecule has 47 heavy (non-hydrogen) atoms. The molecule has 0 aromatic carbocycles. The first-order valence-corrected chi connectivity index (χ1v) is 19.7. The van der Waals surface area contributed by atoms with Crippen molar-refractivity contribution in [2.45, 2.75) is 196 Å². The van der Waals surface area contributed by atoms with Gasteiger partial charge in [-0.25, -0.2) is 4.79 Å². The van der Waals surface area contributed by atoms with E-state index in [4.69, 9.17) is 9.47 Å². The Kier molecular flexibility index (Phi) is 20.7. The zero-order valence-corrected chi connectivity index (χ0v) is 31.9. The minimum Gasteiger partial charge on any atom is -0.449 e. The van der Waals surface area contributed by atoms with E-state index in [9.17, 15) is 19.8 Å². The fourth-order valence-corrected chi connectivity index (χ4v) is 9.26. The fourth-order valence-electron chi connectivity index (χ4n) is 9.26. The van der Waals surface area contributed by atoms with Crippen molar-refractivity contribution in [2.75, 3.05) is 6.61 Å². The van der Waals surface area contributed by atoms with E-state index in [1.165, 1.54) is 19.3 Å². The van der Waals surface area contributed by atoms with E-state index in [1.54, 1.807) is 0 Å². The van der Waals surface area contributed by atoms with E-state index in [2.05, 4.69) is 62.3 Å². The molecule has 1 saturated heterocycles. The molecule has 276 valence electrons. The molecule has 7 atom stereocenters. The van der Waals surface area contributed by atoms with Crippen molar-refractivity contribution in [2.24, 2.45) is 34.5 Å². The number of carbonyl (C=O) groups is 3. The van der Waals surface area contributed by atoms with E-state index >= 15 is 4.79 Å². The number of aliphatic hydroxyl groups is 2. The monoisotopic (exact) mass is 667 g/mol. The quantitative estimate of drug-likeness (QED) is 0.0511. The van der Waals surface area contributed by atoms with Gasteiger partial charge in [0.1, 0.15) is 6.10 Å².